The molecule has 0 fully saturated rings. The fourth-order valence-electron chi connectivity index (χ4n) is 0.922. The molecule has 0 atom stereocenters. The molecule has 2 N–H and O–H groups in total. The quantitative estimate of drug-likeness (QED) is 0.635. The van der Waals surface area contributed by atoms with Crippen LogP contribution >= 0.6 is 0 Å². The topological polar surface area (TPSA) is 83.8 Å². The van der Waals surface area contributed by atoms with Crippen LogP contribution in [0.5, 0.6) is 5.75 Å². The molecular formula is C12H16O5S. The highest BCUT2D eigenvalue weighted by Crippen LogP contribution is 2.07. The summed E-state index contributed by atoms with van der Waals surface area (Å²) in [5, 5.41) is 0. The van der Waals surface area contributed by atoms with Crippen LogP contribution in [0.15, 0.2) is 55.1 Å². The Morgan fingerprint density at radius 2 is 1.72 bits per heavy atom. The van der Waals surface area contributed by atoms with Gasteiger partial charge in [0.1, 0.15) is 12.4 Å². The van der Waals surface area contributed by atoms with E-state index in [0.29, 0.717) is 6.61 Å². The summed E-state index contributed by atoms with van der Waals surface area (Å²) < 4.78 is 37.0. The molecule has 0 spiro atoms. The zero-order valence-electron chi connectivity index (χ0n) is 9.77. The summed E-state index contributed by atoms with van der Waals surface area (Å²) in [6.45, 7) is 4.25. The van der Waals surface area contributed by atoms with Crippen molar-refractivity contribution in [2.75, 3.05) is 6.61 Å². The zero-order valence-corrected chi connectivity index (χ0v) is 10.6. The third-order valence-corrected chi connectivity index (χ3v) is 1.56. The Hall–Kier alpha value is -1.63. The molecule has 0 radical (unpaired) electrons. The van der Waals surface area contributed by atoms with Gasteiger partial charge in [-0.15, -0.1) is 6.58 Å². The second-order valence-electron chi connectivity index (χ2n) is 3.07. The molecule has 0 aliphatic heterocycles. The molecule has 0 saturated carbocycles. The highest BCUT2D eigenvalue weighted by atomic mass is 32.3. The Labute approximate surface area is 107 Å². The number of hydrogen-bond donors (Lipinski definition) is 2. The maximum Gasteiger partial charge on any atom is 0.394 e. The SMILES string of the molecule is C=CCC=CCOc1ccccc1.O=S(=O)(O)O. The summed E-state index contributed by atoms with van der Waals surface area (Å²) in [5.41, 5.74) is 0. The Bertz CT molecular complexity index is 443. The van der Waals surface area contributed by atoms with Crippen LogP contribution in [0.2, 0.25) is 0 Å². The monoisotopic (exact) mass is 272 g/mol. The van der Waals surface area contributed by atoms with Gasteiger partial charge in [-0.1, -0.05) is 36.4 Å². The average molecular weight is 272 g/mol. The van der Waals surface area contributed by atoms with Crippen molar-refractivity contribution in [3.8, 4) is 5.75 Å². The van der Waals surface area contributed by atoms with Crippen molar-refractivity contribution in [2.24, 2.45) is 0 Å². The van der Waals surface area contributed by atoms with Gasteiger partial charge in [-0.2, -0.15) is 8.42 Å². The second-order valence-corrected chi connectivity index (χ2v) is 3.96. The summed E-state index contributed by atoms with van der Waals surface area (Å²) >= 11 is 0. The van der Waals surface area contributed by atoms with E-state index in [1.165, 1.54) is 0 Å². The summed E-state index contributed by atoms with van der Waals surface area (Å²) in [6, 6.07) is 9.79. The lowest BCUT2D eigenvalue weighted by Crippen LogP contribution is -1.92. The van der Waals surface area contributed by atoms with E-state index in [2.05, 4.69) is 6.58 Å². The molecule has 18 heavy (non-hydrogen) atoms. The molecule has 0 aromatic heterocycles. The van der Waals surface area contributed by atoms with E-state index in [4.69, 9.17) is 22.3 Å². The van der Waals surface area contributed by atoms with E-state index < -0.39 is 10.4 Å². The second kappa shape index (κ2) is 9.41. The van der Waals surface area contributed by atoms with Crippen molar-refractivity contribution in [3.63, 3.8) is 0 Å². The van der Waals surface area contributed by atoms with Crippen molar-refractivity contribution >= 4 is 10.4 Å². The van der Waals surface area contributed by atoms with Gasteiger partial charge in [-0.25, -0.2) is 0 Å². The van der Waals surface area contributed by atoms with Gasteiger partial charge in [0.2, 0.25) is 0 Å². The summed E-state index contributed by atoms with van der Waals surface area (Å²) in [5.74, 6) is 0.908. The molecule has 0 unspecified atom stereocenters. The minimum absolute atomic E-state index is 0.623. The van der Waals surface area contributed by atoms with E-state index in [1.54, 1.807) is 0 Å². The number of benzene rings is 1. The fourth-order valence-corrected chi connectivity index (χ4v) is 0.922. The maximum atomic E-state index is 8.74. The largest absolute Gasteiger partial charge is 0.490 e. The van der Waals surface area contributed by atoms with Gasteiger partial charge in [0.15, 0.2) is 0 Å². The summed E-state index contributed by atoms with van der Waals surface area (Å²) in [4.78, 5) is 0. The molecule has 1 aromatic rings. The molecule has 0 amide bonds. The summed E-state index contributed by atoms with van der Waals surface area (Å²) in [6.07, 6.45) is 6.79. The van der Waals surface area contributed by atoms with Crippen LogP contribution in [-0.2, 0) is 10.4 Å². The highest BCUT2D eigenvalue weighted by molar-refractivity contribution is 7.79. The van der Waals surface area contributed by atoms with E-state index in [9.17, 15) is 0 Å². The average Bonchev–Trinajstić information content (AvgIpc) is 2.28. The van der Waals surface area contributed by atoms with Crippen molar-refractivity contribution in [1.82, 2.24) is 0 Å². The lowest BCUT2D eigenvalue weighted by molar-refractivity contribution is 0.362. The third kappa shape index (κ3) is 14.4. The van der Waals surface area contributed by atoms with Crippen molar-refractivity contribution in [2.45, 2.75) is 6.42 Å². The van der Waals surface area contributed by atoms with E-state index in [0.717, 1.165) is 12.2 Å². The van der Waals surface area contributed by atoms with Crippen molar-refractivity contribution in [1.29, 1.82) is 0 Å². The van der Waals surface area contributed by atoms with E-state index in [1.807, 2.05) is 48.6 Å². The van der Waals surface area contributed by atoms with Crippen LogP contribution in [0.3, 0.4) is 0 Å². The van der Waals surface area contributed by atoms with Crippen LogP contribution in [0, 0.1) is 0 Å². The first-order chi connectivity index (χ1) is 8.43. The number of allylic oxidation sites excluding steroid dienone is 2. The minimum atomic E-state index is -4.67. The van der Waals surface area contributed by atoms with Gasteiger partial charge in [0, 0.05) is 0 Å². The first-order valence-corrected chi connectivity index (χ1v) is 6.47. The molecule has 1 aromatic carbocycles. The normalized spacial score (nSPS) is 10.6. The highest BCUT2D eigenvalue weighted by Gasteiger charge is 1.86. The third-order valence-electron chi connectivity index (χ3n) is 1.56. The smallest absolute Gasteiger partial charge is 0.394 e. The summed E-state index contributed by atoms with van der Waals surface area (Å²) in [7, 11) is -4.67. The lowest BCUT2D eigenvalue weighted by atomic mass is 10.3. The lowest BCUT2D eigenvalue weighted by Gasteiger charge is -2.00. The Balaban J connectivity index is 0.000000494. The zero-order chi connectivity index (χ0) is 13.9. The van der Waals surface area contributed by atoms with Gasteiger partial charge in [-0.3, -0.25) is 9.11 Å². The molecule has 0 aliphatic carbocycles. The number of ether oxygens (including phenoxy) is 1. The molecular weight excluding hydrogens is 256 g/mol. The molecule has 0 aliphatic rings. The molecule has 0 saturated heterocycles. The number of rotatable bonds is 5. The standard InChI is InChI=1S/C12H14O.H2O4S/c1-2-3-4-8-11-13-12-9-6-5-7-10-12;1-5(2,3)4/h2,4-10H,1,3,11H2;(H2,1,2,3,4). The van der Waals surface area contributed by atoms with Crippen LogP contribution < -0.4 is 4.74 Å². The first kappa shape index (κ1) is 16.4. The molecule has 0 bridgehead atoms. The Morgan fingerprint density at radius 3 is 2.22 bits per heavy atom. The molecule has 100 valence electrons. The molecule has 1 rings (SSSR count). The van der Waals surface area contributed by atoms with Crippen molar-refractivity contribution in [3.05, 3.63) is 55.1 Å². The number of hydrogen-bond acceptors (Lipinski definition) is 3. The maximum absolute atomic E-state index is 8.74. The van der Waals surface area contributed by atoms with Gasteiger partial charge >= 0.3 is 10.4 Å². The van der Waals surface area contributed by atoms with E-state index >= 15 is 0 Å². The van der Waals surface area contributed by atoms with Crippen LogP contribution in [0.4, 0.5) is 0 Å². The van der Waals surface area contributed by atoms with Gasteiger partial charge in [-0.05, 0) is 18.6 Å². The van der Waals surface area contributed by atoms with Crippen LogP contribution in [-0.4, -0.2) is 24.1 Å². The minimum Gasteiger partial charge on any atom is -0.490 e. The Kier molecular flexibility index (Phi) is 8.55. The molecule has 0 heterocycles. The molecule has 6 heteroatoms. The Morgan fingerprint density at radius 1 is 1.17 bits per heavy atom. The molecule has 5 nitrogen and oxygen atoms in total. The predicted molar refractivity (Wildman–Crippen MR) is 70.1 cm³/mol. The van der Waals surface area contributed by atoms with Crippen LogP contribution in [0.25, 0.3) is 0 Å². The van der Waals surface area contributed by atoms with E-state index in [-0.39, 0.29) is 0 Å². The van der Waals surface area contributed by atoms with Crippen molar-refractivity contribution < 1.29 is 22.3 Å². The van der Waals surface area contributed by atoms with Crippen LogP contribution in [0.1, 0.15) is 6.42 Å². The van der Waals surface area contributed by atoms with Gasteiger partial charge in [0.05, 0.1) is 0 Å². The van der Waals surface area contributed by atoms with Gasteiger partial charge in [0.25, 0.3) is 0 Å². The predicted octanol–water partition coefficient (Wildman–Crippen LogP) is 2.54. The number of para-hydroxylation sites is 1. The first-order valence-electron chi connectivity index (χ1n) is 5.07. The fraction of sp³-hybridized carbons (Fsp3) is 0.167. The van der Waals surface area contributed by atoms with Gasteiger partial charge < -0.3 is 4.74 Å².